The number of rotatable bonds is 4. The van der Waals surface area contributed by atoms with Gasteiger partial charge < -0.3 is 9.47 Å². The van der Waals surface area contributed by atoms with Crippen LogP contribution in [0.5, 0.6) is 11.5 Å². The van der Waals surface area contributed by atoms with Crippen LogP contribution in [0.4, 0.5) is 0 Å². The topological polar surface area (TPSA) is 61.3 Å². The zero-order valence-corrected chi connectivity index (χ0v) is 13.9. The summed E-state index contributed by atoms with van der Waals surface area (Å²) in [6.07, 6.45) is 5.64. The minimum atomic E-state index is -0.0156. The molecule has 1 aromatic heterocycles. The molecule has 0 atom stereocenters. The molecule has 2 heterocycles. The molecule has 0 fully saturated rings. The van der Waals surface area contributed by atoms with Crippen molar-refractivity contribution in [2.75, 3.05) is 13.0 Å². The normalized spacial score (nSPS) is 12.8. The first kappa shape index (κ1) is 15.6. The number of thioether (sulfide) groups is 1. The molecule has 6 heteroatoms. The van der Waals surface area contributed by atoms with Gasteiger partial charge in [-0.3, -0.25) is 4.79 Å². The highest BCUT2D eigenvalue weighted by molar-refractivity contribution is 7.98. The summed E-state index contributed by atoms with van der Waals surface area (Å²) < 4.78 is 10.7. The molecule has 0 bridgehead atoms. The van der Waals surface area contributed by atoms with Gasteiger partial charge in [0.2, 0.25) is 6.79 Å². The SMILES string of the molecule is CSc1nc(C=Cc2ccc3c(c2)OCO3)nc(C)c1C(C)=O. The summed E-state index contributed by atoms with van der Waals surface area (Å²) in [4.78, 5) is 20.6. The van der Waals surface area contributed by atoms with Crippen molar-refractivity contribution < 1.29 is 14.3 Å². The number of ether oxygens (including phenoxy) is 2. The lowest BCUT2D eigenvalue weighted by Crippen LogP contribution is -2.05. The Balaban J connectivity index is 1.90. The molecule has 0 spiro atoms. The maximum Gasteiger partial charge on any atom is 0.231 e. The third-order valence-corrected chi connectivity index (χ3v) is 4.12. The number of fused-ring (bicyclic) bond motifs is 1. The summed E-state index contributed by atoms with van der Waals surface area (Å²) in [5, 5.41) is 0.704. The summed E-state index contributed by atoms with van der Waals surface area (Å²) in [6.45, 7) is 3.62. The van der Waals surface area contributed by atoms with Gasteiger partial charge in [-0.2, -0.15) is 0 Å². The summed E-state index contributed by atoms with van der Waals surface area (Å²) >= 11 is 1.45. The molecule has 0 radical (unpaired) electrons. The van der Waals surface area contributed by atoms with Crippen molar-refractivity contribution in [1.82, 2.24) is 9.97 Å². The molecule has 0 saturated heterocycles. The zero-order chi connectivity index (χ0) is 16.4. The Morgan fingerprint density at radius 1 is 1.22 bits per heavy atom. The number of carbonyl (C=O) groups is 1. The fourth-order valence-electron chi connectivity index (χ4n) is 2.38. The van der Waals surface area contributed by atoms with Gasteiger partial charge in [-0.15, -0.1) is 11.8 Å². The molecular formula is C17H16N2O3S. The Morgan fingerprint density at radius 3 is 2.74 bits per heavy atom. The molecule has 0 amide bonds. The minimum Gasteiger partial charge on any atom is -0.454 e. The van der Waals surface area contributed by atoms with Gasteiger partial charge in [0.1, 0.15) is 5.03 Å². The molecule has 0 aliphatic carbocycles. The molecule has 118 valence electrons. The average Bonchev–Trinajstić information content (AvgIpc) is 2.99. The first-order valence-corrected chi connectivity index (χ1v) is 8.32. The quantitative estimate of drug-likeness (QED) is 0.485. The van der Waals surface area contributed by atoms with Crippen LogP contribution >= 0.6 is 11.8 Å². The Bertz CT molecular complexity index is 803. The van der Waals surface area contributed by atoms with Crippen molar-refractivity contribution in [1.29, 1.82) is 0 Å². The molecular weight excluding hydrogens is 312 g/mol. The fraction of sp³-hybridized carbons (Fsp3) is 0.235. The van der Waals surface area contributed by atoms with Gasteiger partial charge in [0.05, 0.1) is 11.3 Å². The summed E-state index contributed by atoms with van der Waals surface area (Å²) in [7, 11) is 0. The zero-order valence-electron chi connectivity index (χ0n) is 13.1. The van der Waals surface area contributed by atoms with E-state index in [2.05, 4.69) is 9.97 Å². The number of Topliss-reactive ketones (excluding diaryl/α,β-unsaturated/α-hetero) is 1. The van der Waals surface area contributed by atoms with Crippen molar-refractivity contribution in [3.63, 3.8) is 0 Å². The van der Waals surface area contributed by atoms with E-state index in [1.165, 1.54) is 18.7 Å². The van der Waals surface area contributed by atoms with Crippen LogP contribution < -0.4 is 9.47 Å². The molecule has 0 saturated carbocycles. The van der Waals surface area contributed by atoms with Crippen LogP contribution in [-0.4, -0.2) is 28.8 Å². The maximum atomic E-state index is 11.7. The van der Waals surface area contributed by atoms with E-state index >= 15 is 0 Å². The number of nitrogens with zero attached hydrogens (tertiary/aromatic N) is 2. The lowest BCUT2D eigenvalue weighted by Gasteiger charge is -2.07. The largest absolute Gasteiger partial charge is 0.454 e. The van der Waals surface area contributed by atoms with E-state index in [9.17, 15) is 4.79 Å². The smallest absolute Gasteiger partial charge is 0.231 e. The van der Waals surface area contributed by atoms with Crippen LogP contribution in [0.3, 0.4) is 0 Å². The number of hydrogen-bond donors (Lipinski definition) is 0. The first-order chi connectivity index (χ1) is 11.1. The second kappa shape index (κ2) is 6.42. The number of hydrogen-bond acceptors (Lipinski definition) is 6. The molecule has 23 heavy (non-hydrogen) atoms. The summed E-state index contributed by atoms with van der Waals surface area (Å²) in [5.74, 6) is 2.05. The van der Waals surface area contributed by atoms with E-state index in [1.54, 1.807) is 0 Å². The third kappa shape index (κ3) is 3.22. The van der Waals surface area contributed by atoms with Gasteiger partial charge in [-0.05, 0) is 43.9 Å². The van der Waals surface area contributed by atoms with Gasteiger partial charge >= 0.3 is 0 Å². The predicted octanol–water partition coefficient (Wildman–Crippen LogP) is 3.61. The first-order valence-electron chi connectivity index (χ1n) is 7.10. The fourth-order valence-corrected chi connectivity index (χ4v) is 3.06. The van der Waals surface area contributed by atoms with Crippen LogP contribution in [0.15, 0.2) is 23.2 Å². The molecule has 3 rings (SSSR count). The molecule has 2 aromatic rings. The summed E-state index contributed by atoms with van der Waals surface area (Å²) in [6, 6.07) is 5.72. The highest BCUT2D eigenvalue weighted by atomic mass is 32.2. The van der Waals surface area contributed by atoms with Gasteiger partial charge in [-0.25, -0.2) is 9.97 Å². The maximum absolute atomic E-state index is 11.7. The minimum absolute atomic E-state index is 0.0156. The van der Waals surface area contributed by atoms with E-state index < -0.39 is 0 Å². The Morgan fingerprint density at radius 2 is 2.00 bits per heavy atom. The van der Waals surface area contributed by atoms with Crippen LogP contribution in [-0.2, 0) is 0 Å². The van der Waals surface area contributed by atoms with E-state index in [-0.39, 0.29) is 12.6 Å². The highest BCUT2D eigenvalue weighted by Crippen LogP contribution is 2.33. The standard InChI is InChI=1S/C17H16N2O3S/c1-10-16(11(2)20)17(23-3)19-15(18-10)7-5-12-4-6-13-14(8-12)22-9-21-13/h4-8H,9H2,1-3H3. The monoisotopic (exact) mass is 328 g/mol. The van der Waals surface area contributed by atoms with Gasteiger partial charge in [-0.1, -0.05) is 12.1 Å². The van der Waals surface area contributed by atoms with Crippen LogP contribution in [0.2, 0.25) is 0 Å². The predicted molar refractivity (Wildman–Crippen MR) is 90.0 cm³/mol. The van der Waals surface area contributed by atoms with Crippen LogP contribution in [0.1, 0.15) is 34.4 Å². The number of aryl methyl sites for hydroxylation is 1. The lowest BCUT2D eigenvalue weighted by atomic mass is 10.1. The molecule has 1 aliphatic heterocycles. The van der Waals surface area contributed by atoms with Gasteiger partial charge in [0.25, 0.3) is 0 Å². The van der Waals surface area contributed by atoms with Crippen molar-refractivity contribution in [3.8, 4) is 11.5 Å². The highest BCUT2D eigenvalue weighted by Gasteiger charge is 2.14. The molecule has 1 aromatic carbocycles. The Labute approximate surface area is 138 Å². The van der Waals surface area contributed by atoms with Gasteiger partial charge in [0.15, 0.2) is 23.1 Å². The van der Waals surface area contributed by atoms with E-state index in [1.807, 2.05) is 43.5 Å². The van der Waals surface area contributed by atoms with E-state index in [4.69, 9.17) is 9.47 Å². The molecule has 1 aliphatic rings. The average molecular weight is 328 g/mol. The van der Waals surface area contributed by atoms with E-state index in [0.717, 1.165) is 17.1 Å². The number of ketones is 1. The van der Waals surface area contributed by atoms with Gasteiger partial charge in [0, 0.05) is 0 Å². The second-order valence-electron chi connectivity index (χ2n) is 5.05. The third-order valence-electron chi connectivity index (χ3n) is 3.44. The van der Waals surface area contributed by atoms with E-state index in [0.29, 0.717) is 22.1 Å². The number of aromatic nitrogens is 2. The van der Waals surface area contributed by atoms with Crippen LogP contribution in [0.25, 0.3) is 12.2 Å². The number of carbonyl (C=O) groups excluding carboxylic acids is 1. The molecule has 0 unspecified atom stereocenters. The van der Waals surface area contributed by atoms with Crippen molar-refractivity contribution in [2.24, 2.45) is 0 Å². The Kier molecular flexibility index (Phi) is 4.34. The molecule has 0 N–H and O–H groups in total. The van der Waals surface area contributed by atoms with Crippen molar-refractivity contribution in [3.05, 3.63) is 40.8 Å². The van der Waals surface area contributed by atoms with Crippen molar-refractivity contribution in [2.45, 2.75) is 18.9 Å². The second-order valence-corrected chi connectivity index (χ2v) is 5.85. The Hall–Kier alpha value is -2.34. The number of benzene rings is 1. The van der Waals surface area contributed by atoms with Crippen molar-refractivity contribution >= 4 is 29.7 Å². The lowest BCUT2D eigenvalue weighted by molar-refractivity contribution is 0.101. The summed E-state index contributed by atoms with van der Waals surface area (Å²) in [5.41, 5.74) is 2.26. The van der Waals surface area contributed by atoms with Crippen LogP contribution in [0, 0.1) is 6.92 Å². The molecule has 5 nitrogen and oxygen atoms in total.